The summed E-state index contributed by atoms with van der Waals surface area (Å²) in [4.78, 5) is 34.3. The Morgan fingerprint density at radius 2 is 1.69 bits per heavy atom. The minimum Gasteiger partial charge on any atom is -0.381 e. The highest BCUT2D eigenvalue weighted by Gasteiger charge is 2.35. The molecule has 0 bridgehead atoms. The molecule has 3 aliphatic heterocycles. The van der Waals surface area contributed by atoms with Gasteiger partial charge in [0.25, 0.3) is 11.5 Å². The summed E-state index contributed by atoms with van der Waals surface area (Å²) in [6.07, 6.45) is 1.98. The number of fused-ring (bicyclic) bond motifs is 1. The molecular formula is C34H42N4O4. The summed E-state index contributed by atoms with van der Waals surface area (Å²) in [5, 5.41) is 3.08. The van der Waals surface area contributed by atoms with Gasteiger partial charge in [-0.1, -0.05) is 31.2 Å². The zero-order valence-corrected chi connectivity index (χ0v) is 25.0. The first-order valence-electron chi connectivity index (χ1n) is 15.3. The normalized spacial score (nSPS) is 19.6. The maximum Gasteiger partial charge on any atom is 0.253 e. The van der Waals surface area contributed by atoms with E-state index in [2.05, 4.69) is 57.4 Å². The lowest BCUT2D eigenvalue weighted by Gasteiger charge is -2.33. The van der Waals surface area contributed by atoms with Crippen LogP contribution in [0.25, 0.3) is 11.1 Å². The van der Waals surface area contributed by atoms with Gasteiger partial charge < -0.3 is 24.7 Å². The largest absolute Gasteiger partial charge is 0.381 e. The minimum absolute atomic E-state index is 0.142. The average Bonchev–Trinajstić information content (AvgIpc) is 3.33. The van der Waals surface area contributed by atoms with Crippen molar-refractivity contribution in [3.8, 4) is 11.1 Å². The zero-order valence-electron chi connectivity index (χ0n) is 25.0. The number of carbonyl (C=O) groups excluding carboxylic acids is 1. The van der Waals surface area contributed by atoms with Crippen molar-refractivity contribution in [2.45, 2.75) is 58.7 Å². The van der Waals surface area contributed by atoms with Crippen LogP contribution in [0.4, 0.5) is 5.69 Å². The van der Waals surface area contributed by atoms with Gasteiger partial charge in [0.1, 0.15) is 0 Å². The lowest BCUT2D eigenvalue weighted by atomic mass is 9.92. The van der Waals surface area contributed by atoms with Crippen LogP contribution in [-0.4, -0.2) is 67.9 Å². The number of morpholine rings is 1. The van der Waals surface area contributed by atoms with Gasteiger partial charge in [0, 0.05) is 80.4 Å². The number of carbonyl (C=O) groups is 1. The molecule has 2 aromatic carbocycles. The third kappa shape index (κ3) is 6.02. The number of ether oxygens (including phenoxy) is 2. The summed E-state index contributed by atoms with van der Waals surface area (Å²) in [5.41, 5.74) is 8.49. The maximum atomic E-state index is 13.9. The number of nitrogens with one attached hydrogen (secondary N) is 2. The van der Waals surface area contributed by atoms with Gasteiger partial charge >= 0.3 is 0 Å². The number of nitrogens with zero attached hydrogens (tertiary/aromatic N) is 2. The van der Waals surface area contributed by atoms with Crippen LogP contribution in [0.3, 0.4) is 0 Å². The number of aromatic nitrogens is 1. The Labute approximate surface area is 248 Å². The molecule has 2 saturated heterocycles. The number of hydrogen-bond donors (Lipinski definition) is 2. The SMILES string of the molecule is Cc1cc(C)c(CNC(=O)c2cc(-c3ccc(CN4CCOCC4)cc3)cc3c2C(C)CN3C2CCOCC2)c(=O)[nH]1. The van der Waals surface area contributed by atoms with E-state index < -0.39 is 0 Å². The molecule has 1 unspecified atom stereocenters. The molecule has 8 heteroatoms. The standard InChI is InChI=1S/C34H42N4O4/c1-22-16-24(3)36-34(40)30(22)19-35-33(39)29-17-27(26-6-4-25(5-7-26)21-37-10-14-42-15-11-37)18-31-32(29)23(2)20-38(31)28-8-12-41-13-9-28/h4-7,16-18,23,28H,8-15,19-21H2,1-3H3,(H,35,39)(H,36,40). The Kier molecular flexibility index (Phi) is 8.47. The molecule has 1 aromatic heterocycles. The molecule has 8 nitrogen and oxygen atoms in total. The molecule has 222 valence electrons. The Morgan fingerprint density at radius 1 is 0.976 bits per heavy atom. The monoisotopic (exact) mass is 570 g/mol. The van der Waals surface area contributed by atoms with E-state index in [9.17, 15) is 9.59 Å². The molecule has 0 saturated carbocycles. The third-order valence-electron chi connectivity index (χ3n) is 9.02. The van der Waals surface area contributed by atoms with Crippen LogP contribution < -0.4 is 15.8 Å². The minimum atomic E-state index is -0.150. The van der Waals surface area contributed by atoms with Gasteiger partial charge in [-0.25, -0.2) is 0 Å². The highest BCUT2D eigenvalue weighted by Crippen LogP contribution is 2.43. The van der Waals surface area contributed by atoms with E-state index >= 15 is 0 Å². The fourth-order valence-electron chi connectivity index (χ4n) is 6.76. The smallest absolute Gasteiger partial charge is 0.253 e. The van der Waals surface area contributed by atoms with Gasteiger partial charge in [0.15, 0.2) is 0 Å². The van der Waals surface area contributed by atoms with Crippen LogP contribution in [-0.2, 0) is 22.6 Å². The number of amides is 1. The number of benzene rings is 2. The summed E-state index contributed by atoms with van der Waals surface area (Å²) in [6, 6.07) is 15.4. The predicted octanol–water partition coefficient (Wildman–Crippen LogP) is 4.52. The topological polar surface area (TPSA) is 86.9 Å². The number of pyridine rings is 1. The predicted molar refractivity (Wildman–Crippen MR) is 165 cm³/mol. The molecule has 2 N–H and O–H groups in total. The first kappa shape index (κ1) is 28.6. The van der Waals surface area contributed by atoms with Gasteiger partial charge in [0.2, 0.25) is 0 Å². The number of H-pyrrole nitrogens is 1. The highest BCUT2D eigenvalue weighted by molar-refractivity contribution is 6.00. The van der Waals surface area contributed by atoms with Gasteiger partial charge in [0.05, 0.1) is 13.2 Å². The fraction of sp³-hybridized carbons (Fsp3) is 0.471. The van der Waals surface area contributed by atoms with Crippen LogP contribution in [0.15, 0.2) is 47.3 Å². The number of anilines is 1. The Morgan fingerprint density at radius 3 is 2.40 bits per heavy atom. The number of aromatic amines is 1. The zero-order chi connectivity index (χ0) is 29.2. The van der Waals surface area contributed by atoms with Crippen molar-refractivity contribution < 1.29 is 14.3 Å². The van der Waals surface area contributed by atoms with Gasteiger partial charge in [-0.2, -0.15) is 0 Å². The second kappa shape index (κ2) is 12.4. The van der Waals surface area contributed by atoms with E-state index in [1.54, 1.807) is 0 Å². The van der Waals surface area contributed by atoms with E-state index in [0.717, 1.165) is 99.1 Å². The van der Waals surface area contributed by atoms with Crippen LogP contribution in [0, 0.1) is 13.8 Å². The van der Waals surface area contributed by atoms with Crippen LogP contribution in [0.5, 0.6) is 0 Å². The van der Waals surface area contributed by atoms with Gasteiger partial charge in [-0.05, 0) is 72.7 Å². The summed E-state index contributed by atoms with van der Waals surface area (Å²) < 4.78 is 11.2. The Hall–Kier alpha value is -3.46. The molecule has 1 amide bonds. The lowest BCUT2D eigenvalue weighted by Crippen LogP contribution is -2.38. The molecule has 2 fully saturated rings. The molecule has 3 aromatic rings. The molecule has 3 aliphatic rings. The Bertz CT molecular complexity index is 1490. The third-order valence-corrected chi connectivity index (χ3v) is 9.02. The summed E-state index contributed by atoms with van der Waals surface area (Å²) in [5.74, 6) is 0.0788. The first-order valence-corrected chi connectivity index (χ1v) is 15.3. The second-order valence-electron chi connectivity index (χ2n) is 12.1. The van der Waals surface area contributed by atoms with Crippen LogP contribution >= 0.6 is 0 Å². The van der Waals surface area contributed by atoms with Gasteiger partial charge in [-0.15, -0.1) is 0 Å². The number of hydrogen-bond acceptors (Lipinski definition) is 6. The van der Waals surface area contributed by atoms with Crippen molar-refractivity contribution in [2.75, 3.05) is 51.0 Å². The van der Waals surface area contributed by atoms with Crippen molar-refractivity contribution in [1.82, 2.24) is 15.2 Å². The first-order chi connectivity index (χ1) is 20.4. The van der Waals surface area contributed by atoms with Gasteiger partial charge in [-0.3, -0.25) is 14.5 Å². The quantitative estimate of drug-likeness (QED) is 0.434. The van der Waals surface area contributed by atoms with Crippen molar-refractivity contribution in [3.05, 3.63) is 86.3 Å². The molecule has 0 radical (unpaired) electrons. The van der Waals surface area contributed by atoms with E-state index in [4.69, 9.17) is 9.47 Å². The fourth-order valence-corrected chi connectivity index (χ4v) is 6.76. The van der Waals surface area contributed by atoms with Crippen molar-refractivity contribution in [2.24, 2.45) is 0 Å². The molecule has 42 heavy (non-hydrogen) atoms. The van der Waals surface area contributed by atoms with Crippen molar-refractivity contribution in [3.63, 3.8) is 0 Å². The van der Waals surface area contributed by atoms with Crippen LogP contribution in [0.1, 0.15) is 64.0 Å². The molecule has 4 heterocycles. The lowest BCUT2D eigenvalue weighted by molar-refractivity contribution is 0.0342. The molecule has 1 atom stereocenters. The van der Waals surface area contributed by atoms with E-state index in [1.807, 2.05) is 26.0 Å². The van der Waals surface area contributed by atoms with Crippen molar-refractivity contribution >= 4 is 11.6 Å². The van der Waals surface area contributed by atoms with E-state index in [0.29, 0.717) is 17.2 Å². The molecule has 0 aliphatic carbocycles. The summed E-state index contributed by atoms with van der Waals surface area (Å²) in [7, 11) is 0. The molecule has 0 spiro atoms. The van der Waals surface area contributed by atoms with E-state index in [1.165, 1.54) is 5.56 Å². The molecular weight excluding hydrogens is 528 g/mol. The summed E-state index contributed by atoms with van der Waals surface area (Å²) >= 11 is 0. The molecule has 6 rings (SSSR count). The number of aryl methyl sites for hydroxylation is 2. The average molecular weight is 571 g/mol. The maximum absolute atomic E-state index is 13.9. The highest BCUT2D eigenvalue weighted by atomic mass is 16.5. The number of rotatable bonds is 7. The Balaban J connectivity index is 1.32. The second-order valence-corrected chi connectivity index (χ2v) is 12.1. The van der Waals surface area contributed by atoms with Crippen LogP contribution in [0.2, 0.25) is 0 Å². The van der Waals surface area contributed by atoms with E-state index in [-0.39, 0.29) is 23.9 Å². The van der Waals surface area contributed by atoms with Crippen molar-refractivity contribution in [1.29, 1.82) is 0 Å². The summed E-state index contributed by atoms with van der Waals surface area (Å²) in [6.45, 7) is 13.0.